The molecule has 0 amide bonds. The lowest BCUT2D eigenvalue weighted by molar-refractivity contribution is 0.0521. The molecule has 0 radical (unpaired) electrons. The summed E-state index contributed by atoms with van der Waals surface area (Å²) in [5, 5.41) is 0. The Morgan fingerprint density at radius 3 is 2.70 bits per heavy atom. The maximum absolute atomic E-state index is 14.3. The van der Waals surface area contributed by atoms with E-state index in [-0.39, 0.29) is 22.9 Å². The van der Waals surface area contributed by atoms with E-state index in [1.807, 2.05) is 12.1 Å². The topological polar surface area (TPSA) is 26.3 Å². The highest BCUT2D eigenvalue weighted by molar-refractivity contribution is 9.09. The van der Waals surface area contributed by atoms with Gasteiger partial charge in [0.15, 0.2) is 0 Å². The van der Waals surface area contributed by atoms with Crippen LogP contribution in [0.2, 0.25) is 0 Å². The number of aryl methyl sites for hydroxylation is 1. The maximum Gasteiger partial charge on any atom is 0.341 e. The summed E-state index contributed by atoms with van der Waals surface area (Å²) in [7, 11) is 0. The Kier molecular flexibility index (Phi) is 4.53. The predicted molar refractivity (Wildman–Crippen MR) is 91.7 cm³/mol. The van der Waals surface area contributed by atoms with Crippen molar-refractivity contribution in [3.8, 4) is 0 Å². The average molecular weight is 377 g/mol. The Balaban J connectivity index is 2.10. The summed E-state index contributed by atoms with van der Waals surface area (Å²) in [6, 6.07) is 11.3. The number of carbonyl (C=O) groups is 1. The number of fused-ring (bicyclic) bond motifs is 1. The number of rotatable bonds is 3. The zero-order chi connectivity index (χ0) is 16.6. The van der Waals surface area contributed by atoms with Gasteiger partial charge in [-0.2, -0.15) is 0 Å². The molecule has 23 heavy (non-hydrogen) atoms. The van der Waals surface area contributed by atoms with E-state index in [1.165, 1.54) is 17.2 Å². The molecule has 2 aromatic rings. The van der Waals surface area contributed by atoms with Crippen LogP contribution in [0.5, 0.6) is 0 Å². The van der Waals surface area contributed by atoms with Crippen LogP contribution in [0.15, 0.2) is 36.4 Å². The van der Waals surface area contributed by atoms with E-state index < -0.39 is 11.8 Å². The van der Waals surface area contributed by atoms with Crippen LogP contribution in [-0.4, -0.2) is 12.6 Å². The third-order valence-corrected chi connectivity index (χ3v) is 5.25. The minimum Gasteiger partial charge on any atom is -0.462 e. The quantitative estimate of drug-likeness (QED) is 0.537. The fourth-order valence-electron chi connectivity index (χ4n) is 3.28. The van der Waals surface area contributed by atoms with E-state index in [0.29, 0.717) is 0 Å². The molecule has 0 fully saturated rings. The Morgan fingerprint density at radius 1 is 1.26 bits per heavy atom. The van der Waals surface area contributed by atoms with Crippen molar-refractivity contribution in [1.82, 2.24) is 0 Å². The molecule has 0 aromatic heterocycles. The number of hydrogen-bond donors (Lipinski definition) is 0. The minimum absolute atomic E-state index is 0.0192. The number of benzene rings is 2. The van der Waals surface area contributed by atoms with Crippen LogP contribution >= 0.6 is 15.9 Å². The molecule has 0 N–H and O–H groups in total. The van der Waals surface area contributed by atoms with Gasteiger partial charge < -0.3 is 4.74 Å². The molecule has 0 saturated heterocycles. The monoisotopic (exact) mass is 376 g/mol. The first-order valence-corrected chi connectivity index (χ1v) is 8.64. The highest BCUT2D eigenvalue weighted by Crippen LogP contribution is 2.49. The van der Waals surface area contributed by atoms with Crippen LogP contribution in [0.4, 0.5) is 4.39 Å². The van der Waals surface area contributed by atoms with E-state index in [2.05, 4.69) is 35.0 Å². The van der Waals surface area contributed by atoms with Crippen LogP contribution < -0.4 is 0 Å². The molecule has 2 aromatic carbocycles. The van der Waals surface area contributed by atoms with Gasteiger partial charge in [0.2, 0.25) is 0 Å². The second-order valence-electron chi connectivity index (χ2n) is 5.79. The van der Waals surface area contributed by atoms with Gasteiger partial charge in [-0.05, 0) is 54.7 Å². The normalized spacial score (nSPS) is 19.5. The molecule has 0 aliphatic heterocycles. The van der Waals surface area contributed by atoms with Crippen molar-refractivity contribution in [2.24, 2.45) is 0 Å². The van der Waals surface area contributed by atoms with E-state index in [1.54, 1.807) is 13.0 Å². The van der Waals surface area contributed by atoms with Crippen molar-refractivity contribution >= 4 is 21.9 Å². The highest BCUT2D eigenvalue weighted by atomic mass is 79.9. The second-order valence-corrected chi connectivity index (χ2v) is 6.90. The number of alkyl halides is 1. The third-order valence-electron chi connectivity index (χ3n) is 4.39. The van der Waals surface area contributed by atoms with Gasteiger partial charge in [-0.15, -0.1) is 0 Å². The molecule has 2 nitrogen and oxygen atoms in total. The average Bonchev–Trinajstić information content (AvgIpc) is 2.83. The van der Waals surface area contributed by atoms with Crippen molar-refractivity contribution in [2.45, 2.75) is 31.0 Å². The number of carbonyl (C=O) groups excluding carboxylic acids is 1. The molecule has 2 atom stereocenters. The Hall–Kier alpha value is -1.68. The van der Waals surface area contributed by atoms with Gasteiger partial charge in [-0.25, -0.2) is 9.18 Å². The second kappa shape index (κ2) is 6.44. The summed E-state index contributed by atoms with van der Waals surface area (Å²) in [4.78, 5) is 12.1. The van der Waals surface area contributed by atoms with Gasteiger partial charge in [-0.3, -0.25) is 0 Å². The van der Waals surface area contributed by atoms with Gasteiger partial charge in [0.1, 0.15) is 5.82 Å². The SMILES string of the molecule is CCOC(=O)c1cc2c(cc1F)C(Br)CC2c1ccccc1C. The summed E-state index contributed by atoms with van der Waals surface area (Å²) >= 11 is 3.64. The number of hydrogen-bond acceptors (Lipinski definition) is 2. The molecule has 0 heterocycles. The van der Waals surface area contributed by atoms with E-state index in [9.17, 15) is 9.18 Å². The minimum atomic E-state index is -0.602. The first kappa shape index (κ1) is 16.2. The standard InChI is InChI=1S/C19H18BrFO2/c1-3-23-19(22)16-8-13-14(12-7-5-4-6-11(12)2)9-17(20)15(13)10-18(16)21/h4-8,10,14,17H,3,9H2,1-2H3. The van der Waals surface area contributed by atoms with Crippen molar-refractivity contribution < 1.29 is 13.9 Å². The summed E-state index contributed by atoms with van der Waals surface area (Å²) in [6.45, 7) is 4.03. The summed E-state index contributed by atoms with van der Waals surface area (Å²) in [6.07, 6.45) is 0.853. The Morgan fingerprint density at radius 2 is 2.00 bits per heavy atom. The molecule has 3 rings (SSSR count). The van der Waals surface area contributed by atoms with E-state index in [0.717, 1.165) is 17.5 Å². The smallest absolute Gasteiger partial charge is 0.341 e. The molecular weight excluding hydrogens is 359 g/mol. The highest BCUT2D eigenvalue weighted by Gasteiger charge is 2.33. The van der Waals surface area contributed by atoms with Crippen molar-refractivity contribution in [3.05, 3.63) is 70.0 Å². The zero-order valence-corrected chi connectivity index (χ0v) is 14.7. The number of esters is 1. The Bertz CT molecular complexity index is 757. The van der Waals surface area contributed by atoms with Crippen LogP contribution in [-0.2, 0) is 4.74 Å². The summed E-state index contributed by atoms with van der Waals surface area (Å²) in [5.41, 5.74) is 4.37. The van der Waals surface area contributed by atoms with Crippen molar-refractivity contribution in [1.29, 1.82) is 0 Å². The fourth-order valence-corrected chi connectivity index (χ4v) is 4.05. The largest absolute Gasteiger partial charge is 0.462 e. The molecular formula is C19H18BrFO2. The molecule has 1 aliphatic rings. The summed E-state index contributed by atoms with van der Waals surface area (Å²) in [5.74, 6) is -0.962. The van der Waals surface area contributed by atoms with Gasteiger partial charge in [-0.1, -0.05) is 40.2 Å². The number of halogens is 2. The summed E-state index contributed by atoms with van der Waals surface area (Å²) < 4.78 is 19.2. The molecule has 120 valence electrons. The fraction of sp³-hybridized carbons (Fsp3) is 0.316. The maximum atomic E-state index is 14.3. The van der Waals surface area contributed by atoms with Crippen molar-refractivity contribution in [3.63, 3.8) is 0 Å². The number of ether oxygens (including phenoxy) is 1. The molecule has 2 unspecified atom stereocenters. The third kappa shape index (κ3) is 2.92. The van der Waals surface area contributed by atoms with Gasteiger partial charge in [0, 0.05) is 10.7 Å². The van der Waals surface area contributed by atoms with E-state index >= 15 is 0 Å². The van der Waals surface area contributed by atoms with Gasteiger partial charge in [0.25, 0.3) is 0 Å². The van der Waals surface area contributed by atoms with Crippen LogP contribution in [0.25, 0.3) is 0 Å². The predicted octanol–water partition coefficient (Wildman–Crippen LogP) is 5.28. The molecule has 0 saturated carbocycles. The van der Waals surface area contributed by atoms with Crippen LogP contribution in [0.1, 0.15) is 56.7 Å². The Labute approximate surface area is 143 Å². The van der Waals surface area contributed by atoms with Crippen LogP contribution in [0.3, 0.4) is 0 Å². The molecule has 1 aliphatic carbocycles. The zero-order valence-electron chi connectivity index (χ0n) is 13.1. The van der Waals surface area contributed by atoms with Crippen LogP contribution in [0, 0.1) is 12.7 Å². The first-order chi connectivity index (χ1) is 11.0. The lowest BCUT2D eigenvalue weighted by Gasteiger charge is -2.16. The van der Waals surface area contributed by atoms with Crippen molar-refractivity contribution in [2.75, 3.05) is 6.61 Å². The van der Waals surface area contributed by atoms with E-state index in [4.69, 9.17) is 4.74 Å². The van der Waals surface area contributed by atoms with Gasteiger partial charge >= 0.3 is 5.97 Å². The lowest BCUT2D eigenvalue weighted by Crippen LogP contribution is -2.09. The molecule has 4 heteroatoms. The lowest BCUT2D eigenvalue weighted by atomic mass is 9.89. The molecule has 0 spiro atoms. The van der Waals surface area contributed by atoms with Gasteiger partial charge in [0.05, 0.1) is 12.2 Å². The first-order valence-electron chi connectivity index (χ1n) is 7.73. The molecule has 0 bridgehead atoms.